The van der Waals surface area contributed by atoms with E-state index in [9.17, 15) is 4.79 Å². The summed E-state index contributed by atoms with van der Waals surface area (Å²) in [4.78, 5) is 15.5. The number of benzene rings is 1. The predicted molar refractivity (Wildman–Crippen MR) is 228 cm³/mol. The van der Waals surface area contributed by atoms with E-state index in [-0.39, 0.29) is 5.91 Å². The van der Waals surface area contributed by atoms with Crippen LogP contribution in [0.3, 0.4) is 0 Å². The standard InChI is InChI=1S/C49H77NO3/c1-4-6-8-10-12-14-16-18-20-22-24-26-28-30-32-36-42-52-48(49(40-41-49)50-44(3)45-38-34-35-39-46(45)47(50)51)53-43-37-33-31-29-27-25-23-21-19-17-15-13-11-9-7-5-2/h12-15,18-21,34-35,38-39,48H,3-11,16-17,22-33,36-37,40-43H2,1-2H3/b14-12-,15-13-,20-18-,21-19-. The molecule has 0 saturated heterocycles. The smallest absolute Gasteiger partial charge is 0.259 e. The Kier molecular flexibility index (Phi) is 24.2. The highest BCUT2D eigenvalue weighted by Gasteiger charge is 2.60. The Morgan fingerprint density at radius 1 is 0.585 bits per heavy atom. The van der Waals surface area contributed by atoms with E-state index in [1.807, 2.05) is 29.2 Å². The minimum atomic E-state index is -0.441. The highest BCUT2D eigenvalue weighted by atomic mass is 16.7. The van der Waals surface area contributed by atoms with Gasteiger partial charge >= 0.3 is 0 Å². The second-order valence-electron chi connectivity index (χ2n) is 15.5. The van der Waals surface area contributed by atoms with Crippen LogP contribution in [0.25, 0.3) is 5.70 Å². The van der Waals surface area contributed by atoms with Crippen molar-refractivity contribution in [3.05, 3.63) is 90.6 Å². The van der Waals surface area contributed by atoms with Crippen molar-refractivity contribution in [2.75, 3.05) is 13.2 Å². The average Bonchev–Trinajstić information content (AvgIpc) is 3.92. The van der Waals surface area contributed by atoms with Crippen molar-refractivity contribution in [1.29, 1.82) is 0 Å². The maximum Gasteiger partial charge on any atom is 0.259 e. The number of carbonyl (C=O) groups excluding carboxylic acids is 1. The summed E-state index contributed by atoms with van der Waals surface area (Å²) in [7, 11) is 0. The number of unbranched alkanes of at least 4 members (excludes halogenated alkanes) is 18. The van der Waals surface area contributed by atoms with E-state index in [0.717, 1.165) is 55.3 Å². The van der Waals surface area contributed by atoms with Gasteiger partial charge in [-0.05, 0) is 96.0 Å². The van der Waals surface area contributed by atoms with Gasteiger partial charge in [-0.3, -0.25) is 9.69 Å². The van der Waals surface area contributed by atoms with Crippen molar-refractivity contribution in [2.45, 2.75) is 193 Å². The first-order chi connectivity index (χ1) is 26.2. The van der Waals surface area contributed by atoms with Gasteiger partial charge in [-0.1, -0.05) is 164 Å². The molecule has 1 aromatic carbocycles. The first kappa shape index (κ1) is 44.7. The fraction of sp³-hybridized carbons (Fsp3) is 0.653. The van der Waals surface area contributed by atoms with Gasteiger partial charge in [0.1, 0.15) is 0 Å². The van der Waals surface area contributed by atoms with Gasteiger partial charge in [0.05, 0.1) is 5.54 Å². The average molecular weight is 728 g/mol. The molecule has 0 radical (unpaired) electrons. The largest absolute Gasteiger partial charge is 0.350 e. The fourth-order valence-corrected chi connectivity index (χ4v) is 7.37. The minimum Gasteiger partial charge on any atom is -0.350 e. The third-order valence-corrected chi connectivity index (χ3v) is 10.8. The summed E-state index contributed by atoms with van der Waals surface area (Å²) >= 11 is 0. The van der Waals surface area contributed by atoms with Gasteiger partial charge in [0.25, 0.3) is 5.91 Å². The molecule has 4 heteroatoms. The van der Waals surface area contributed by atoms with Crippen LogP contribution in [0.4, 0.5) is 0 Å². The summed E-state index contributed by atoms with van der Waals surface area (Å²) in [5.74, 6) is 0.0442. The highest BCUT2D eigenvalue weighted by Crippen LogP contribution is 2.52. The first-order valence-corrected chi connectivity index (χ1v) is 22.1. The van der Waals surface area contributed by atoms with Gasteiger partial charge in [0.2, 0.25) is 0 Å². The minimum absolute atomic E-state index is 0.0442. The Morgan fingerprint density at radius 3 is 1.40 bits per heavy atom. The Balaban J connectivity index is 1.31. The molecule has 0 spiro atoms. The van der Waals surface area contributed by atoms with Crippen LogP contribution in [0, 0.1) is 0 Å². The molecule has 1 fully saturated rings. The lowest BCUT2D eigenvalue weighted by molar-refractivity contribution is -0.178. The highest BCUT2D eigenvalue weighted by molar-refractivity contribution is 6.09. The third-order valence-electron chi connectivity index (χ3n) is 10.8. The van der Waals surface area contributed by atoms with Crippen LogP contribution in [0.5, 0.6) is 0 Å². The topological polar surface area (TPSA) is 38.8 Å². The zero-order valence-corrected chi connectivity index (χ0v) is 34.2. The van der Waals surface area contributed by atoms with E-state index in [2.05, 4.69) is 69.0 Å². The van der Waals surface area contributed by atoms with Crippen LogP contribution in [0.1, 0.15) is 197 Å². The molecule has 0 bridgehead atoms. The number of carbonyl (C=O) groups is 1. The van der Waals surface area contributed by atoms with Crippen LogP contribution >= 0.6 is 0 Å². The SMILES string of the molecule is C=C1c2ccccc2C(=O)N1C1(C(OCCCCCCCC/C=C\C/C=C\CCCCC)OCCCCCCCC/C=C\C/C=C\CCCCC)CC1. The second-order valence-corrected chi connectivity index (χ2v) is 15.5. The molecule has 1 amide bonds. The normalized spacial score (nSPS) is 15.5. The molecular weight excluding hydrogens is 651 g/mol. The van der Waals surface area contributed by atoms with E-state index < -0.39 is 11.8 Å². The van der Waals surface area contributed by atoms with Crippen LogP contribution in [-0.4, -0.2) is 35.8 Å². The van der Waals surface area contributed by atoms with E-state index in [4.69, 9.17) is 9.47 Å². The third kappa shape index (κ3) is 17.5. The molecule has 2 aliphatic rings. The molecule has 0 N–H and O–H groups in total. The van der Waals surface area contributed by atoms with E-state index in [1.54, 1.807) is 0 Å². The predicted octanol–water partition coefficient (Wildman–Crippen LogP) is 14.6. The van der Waals surface area contributed by atoms with Gasteiger partial charge in [-0.25, -0.2) is 0 Å². The lowest BCUT2D eigenvalue weighted by Gasteiger charge is -2.35. The summed E-state index contributed by atoms with van der Waals surface area (Å²) in [6, 6.07) is 7.86. The van der Waals surface area contributed by atoms with Crippen LogP contribution in [-0.2, 0) is 9.47 Å². The van der Waals surface area contributed by atoms with Crippen LogP contribution < -0.4 is 0 Å². The van der Waals surface area contributed by atoms with Crippen molar-refractivity contribution >= 4 is 11.6 Å². The Labute approximate surface area is 326 Å². The number of amides is 1. The Morgan fingerprint density at radius 2 is 0.981 bits per heavy atom. The van der Waals surface area contributed by atoms with E-state index in [1.165, 1.54) is 128 Å². The second kappa shape index (κ2) is 28.7. The maximum atomic E-state index is 13.6. The number of hydrogen-bond acceptors (Lipinski definition) is 3. The number of fused-ring (bicyclic) bond motifs is 1. The molecule has 1 saturated carbocycles. The van der Waals surface area contributed by atoms with E-state index in [0.29, 0.717) is 13.2 Å². The van der Waals surface area contributed by atoms with Gasteiger partial charge in [-0.2, -0.15) is 0 Å². The van der Waals surface area contributed by atoms with Crippen molar-refractivity contribution in [2.24, 2.45) is 0 Å². The number of nitrogens with zero attached hydrogens (tertiary/aromatic N) is 1. The summed E-state index contributed by atoms with van der Waals surface area (Å²) in [5, 5.41) is 0. The molecule has 53 heavy (non-hydrogen) atoms. The van der Waals surface area contributed by atoms with Crippen LogP contribution in [0.2, 0.25) is 0 Å². The van der Waals surface area contributed by atoms with Crippen molar-refractivity contribution in [1.82, 2.24) is 4.90 Å². The molecule has 3 rings (SSSR count). The molecule has 1 heterocycles. The van der Waals surface area contributed by atoms with Gasteiger partial charge in [0.15, 0.2) is 6.29 Å². The Hall–Kier alpha value is -2.69. The summed E-state index contributed by atoms with van der Waals surface area (Å²) < 4.78 is 13.1. The molecule has 0 unspecified atom stereocenters. The number of ether oxygens (including phenoxy) is 2. The fourth-order valence-electron chi connectivity index (χ4n) is 7.37. The van der Waals surface area contributed by atoms with Crippen molar-refractivity contribution in [3.8, 4) is 0 Å². The Bertz CT molecular complexity index is 1150. The maximum absolute atomic E-state index is 13.6. The molecule has 0 atom stereocenters. The molecule has 1 aromatic rings. The quantitative estimate of drug-likeness (QED) is 0.0403. The lowest BCUT2D eigenvalue weighted by atomic mass is 10.1. The molecule has 1 aliphatic heterocycles. The number of hydrogen-bond donors (Lipinski definition) is 0. The lowest BCUT2D eigenvalue weighted by Crippen LogP contribution is -2.48. The molecule has 1 aliphatic carbocycles. The molecule has 0 aromatic heterocycles. The first-order valence-electron chi connectivity index (χ1n) is 22.1. The monoisotopic (exact) mass is 728 g/mol. The van der Waals surface area contributed by atoms with Crippen molar-refractivity contribution in [3.63, 3.8) is 0 Å². The summed E-state index contributed by atoms with van der Waals surface area (Å²) in [6.07, 6.45) is 49.5. The molecule has 4 nitrogen and oxygen atoms in total. The van der Waals surface area contributed by atoms with E-state index >= 15 is 0 Å². The van der Waals surface area contributed by atoms with Crippen LogP contribution in [0.15, 0.2) is 79.5 Å². The van der Waals surface area contributed by atoms with Gasteiger partial charge < -0.3 is 9.47 Å². The zero-order valence-electron chi connectivity index (χ0n) is 34.2. The van der Waals surface area contributed by atoms with Gasteiger partial charge in [0, 0.05) is 30.0 Å². The molecule has 296 valence electrons. The molecular formula is C49H77NO3. The van der Waals surface area contributed by atoms with Gasteiger partial charge in [-0.15, -0.1) is 0 Å². The van der Waals surface area contributed by atoms with Crippen molar-refractivity contribution < 1.29 is 14.3 Å². The number of rotatable bonds is 34. The summed E-state index contributed by atoms with van der Waals surface area (Å²) in [6.45, 7) is 10.2. The number of allylic oxidation sites excluding steroid dienone is 8. The zero-order chi connectivity index (χ0) is 37.7. The summed E-state index contributed by atoms with van der Waals surface area (Å²) in [5.41, 5.74) is 2.04.